The van der Waals surface area contributed by atoms with Crippen LogP contribution in [-0.4, -0.2) is 9.97 Å². The van der Waals surface area contributed by atoms with Gasteiger partial charge in [-0.15, -0.1) is 0 Å². The minimum atomic E-state index is 0.670. The van der Waals surface area contributed by atoms with E-state index in [2.05, 4.69) is 25.9 Å². The Kier molecular flexibility index (Phi) is 3.81. The number of halogens is 2. The highest BCUT2D eigenvalue weighted by Gasteiger charge is 2.14. The van der Waals surface area contributed by atoms with Gasteiger partial charge in [0.05, 0.1) is 10.7 Å². The van der Waals surface area contributed by atoms with Crippen LogP contribution in [0.3, 0.4) is 0 Å². The van der Waals surface area contributed by atoms with Gasteiger partial charge < -0.3 is 0 Å². The van der Waals surface area contributed by atoms with Crippen molar-refractivity contribution in [3.05, 3.63) is 70.6 Å². The molecule has 0 atom stereocenters. The molecule has 0 aliphatic rings. The van der Waals surface area contributed by atoms with E-state index in [-0.39, 0.29) is 0 Å². The maximum absolute atomic E-state index is 6.24. The van der Waals surface area contributed by atoms with E-state index in [1.54, 1.807) is 12.4 Å². The first-order valence-electron chi connectivity index (χ1n) is 6.07. The van der Waals surface area contributed by atoms with Crippen LogP contribution >= 0.6 is 27.5 Å². The lowest BCUT2D eigenvalue weighted by molar-refractivity contribution is 1.31. The maximum atomic E-state index is 6.24. The zero-order chi connectivity index (χ0) is 13.9. The quantitative estimate of drug-likeness (QED) is 0.636. The minimum absolute atomic E-state index is 0.670. The molecule has 0 radical (unpaired) electrons. The largest absolute Gasteiger partial charge is 0.264 e. The second kappa shape index (κ2) is 5.73. The second-order valence-electron chi connectivity index (χ2n) is 4.24. The van der Waals surface area contributed by atoms with Gasteiger partial charge in [0.2, 0.25) is 0 Å². The third kappa shape index (κ3) is 2.47. The van der Waals surface area contributed by atoms with E-state index in [0.717, 1.165) is 26.9 Å². The standard InChI is InChI=1S/C16H10BrClN2/c17-16-13(18)7-6-12(14-5-1-2-9-20-14)15(16)11-4-3-8-19-10-11/h1-10H. The van der Waals surface area contributed by atoms with Crippen molar-refractivity contribution < 1.29 is 0 Å². The van der Waals surface area contributed by atoms with E-state index in [1.165, 1.54) is 0 Å². The molecule has 0 amide bonds. The lowest BCUT2D eigenvalue weighted by atomic mass is 9.98. The molecule has 0 N–H and O–H groups in total. The topological polar surface area (TPSA) is 25.8 Å². The van der Waals surface area contributed by atoms with Crippen LogP contribution in [-0.2, 0) is 0 Å². The summed E-state index contributed by atoms with van der Waals surface area (Å²) in [6.45, 7) is 0. The van der Waals surface area contributed by atoms with Gasteiger partial charge in [-0.25, -0.2) is 0 Å². The average molecular weight is 346 g/mol. The molecule has 0 spiro atoms. The Hall–Kier alpha value is -1.71. The minimum Gasteiger partial charge on any atom is -0.264 e. The summed E-state index contributed by atoms with van der Waals surface area (Å²) < 4.78 is 0.857. The Balaban J connectivity index is 2.29. The Morgan fingerprint density at radius 3 is 2.55 bits per heavy atom. The summed E-state index contributed by atoms with van der Waals surface area (Å²) in [5, 5.41) is 0.670. The highest BCUT2D eigenvalue weighted by Crippen LogP contribution is 2.40. The van der Waals surface area contributed by atoms with Crippen LogP contribution in [0.25, 0.3) is 22.4 Å². The zero-order valence-electron chi connectivity index (χ0n) is 10.4. The Morgan fingerprint density at radius 1 is 0.950 bits per heavy atom. The fraction of sp³-hybridized carbons (Fsp3) is 0. The molecule has 0 unspecified atom stereocenters. The molecule has 2 heterocycles. The summed E-state index contributed by atoms with van der Waals surface area (Å²) in [6, 6.07) is 13.6. The summed E-state index contributed by atoms with van der Waals surface area (Å²) in [5.74, 6) is 0. The van der Waals surface area contributed by atoms with E-state index in [9.17, 15) is 0 Å². The molecule has 0 aliphatic heterocycles. The average Bonchev–Trinajstić information content (AvgIpc) is 2.51. The van der Waals surface area contributed by atoms with Gasteiger partial charge >= 0.3 is 0 Å². The third-order valence-electron chi connectivity index (χ3n) is 2.99. The lowest BCUT2D eigenvalue weighted by Crippen LogP contribution is -1.90. The molecule has 1 aromatic carbocycles. The smallest absolute Gasteiger partial charge is 0.0708 e. The zero-order valence-corrected chi connectivity index (χ0v) is 12.8. The van der Waals surface area contributed by atoms with Gasteiger partial charge in [0.1, 0.15) is 0 Å². The SMILES string of the molecule is Clc1ccc(-c2ccccn2)c(-c2cccnc2)c1Br. The van der Waals surface area contributed by atoms with Crippen molar-refractivity contribution in [3.8, 4) is 22.4 Å². The van der Waals surface area contributed by atoms with Gasteiger partial charge in [-0.3, -0.25) is 9.97 Å². The maximum Gasteiger partial charge on any atom is 0.0708 e. The number of aromatic nitrogens is 2. The molecule has 3 aromatic rings. The van der Waals surface area contributed by atoms with Crippen LogP contribution in [0.15, 0.2) is 65.5 Å². The van der Waals surface area contributed by atoms with E-state index in [1.807, 2.05) is 48.7 Å². The van der Waals surface area contributed by atoms with Crippen LogP contribution in [0.2, 0.25) is 5.02 Å². The van der Waals surface area contributed by atoms with Crippen LogP contribution < -0.4 is 0 Å². The lowest BCUT2D eigenvalue weighted by Gasteiger charge is -2.12. The summed E-state index contributed by atoms with van der Waals surface area (Å²) in [4.78, 5) is 8.60. The number of hydrogen-bond donors (Lipinski definition) is 0. The molecule has 3 rings (SSSR count). The van der Waals surface area contributed by atoms with Crippen molar-refractivity contribution in [2.45, 2.75) is 0 Å². The third-order valence-corrected chi connectivity index (χ3v) is 4.35. The van der Waals surface area contributed by atoms with Gasteiger partial charge in [0, 0.05) is 39.8 Å². The summed E-state index contributed by atoms with van der Waals surface area (Å²) in [7, 11) is 0. The van der Waals surface area contributed by atoms with E-state index < -0.39 is 0 Å². The van der Waals surface area contributed by atoms with Gasteiger partial charge in [0.15, 0.2) is 0 Å². The predicted molar refractivity (Wildman–Crippen MR) is 85.6 cm³/mol. The first-order valence-corrected chi connectivity index (χ1v) is 7.24. The predicted octanol–water partition coefficient (Wildman–Crippen LogP) is 5.23. The van der Waals surface area contributed by atoms with E-state index in [4.69, 9.17) is 11.6 Å². The molecule has 0 aliphatic carbocycles. The highest BCUT2D eigenvalue weighted by molar-refractivity contribution is 9.10. The molecular weight excluding hydrogens is 336 g/mol. The molecule has 2 aromatic heterocycles. The van der Waals surface area contributed by atoms with Crippen molar-refractivity contribution in [2.75, 3.05) is 0 Å². The highest BCUT2D eigenvalue weighted by atomic mass is 79.9. The Labute approximate surface area is 130 Å². The summed E-state index contributed by atoms with van der Waals surface area (Å²) in [6.07, 6.45) is 5.36. The normalized spacial score (nSPS) is 10.5. The molecule has 20 heavy (non-hydrogen) atoms. The fourth-order valence-electron chi connectivity index (χ4n) is 2.08. The number of rotatable bonds is 2. The van der Waals surface area contributed by atoms with Crippen LogP contribution in [0.1, 0.15) is 0 Å². The Morgan fingerprint density at radius 2 is 1.85 bits per heavy atom. The van der Waals surface area contributed by atoms with Gasteiger partial charge in [-0.05, 0) is 40.2 Å². The number of pyridine rings is 2. The van der Waals surface area contributed by atoms with E-state index in [0.29, 0.717) is 5.02 Å². The van der Waals surface area contributed by atoms with Gasteiger partial charge in [0.25, 0.3) is 0 Å². The van der Waals surface area contributed by atoms with Crippen LogP contribution in [0.5, 0.6) is 0 Å². The Bertz CT molecular complexity index is 730. The molecule has 4 heteroatoms. The van der Waals surface area contributed by atoms with Crippen molar-refractivity contribution in [1.82, 2.24) is 9.97 Å². The van der Waals surface area contributed by atoms with Crippen LogP contribution in [0, 0.1) is 0 Å². The second-order valence-corrected chi connectivity index (χ2v) is 5.44. The first kappa shape index (κ1) is 13.3. The van der Waals surface area contributed by atoms with E-state index >= 15 is 0 Å². The monoisotopic (exact) mass is 344 g/mol. The molecule has 0 bridgehead atoms. The van der Waals surface area contributed by atoms with Crippen molar-refractivity contribution in [3.63, 3.8) is 0 Å². The summed E-state index contributed by atoms with van der Waals surface area (Å²) >= 11 is 9.81. The molecular formula is C16H10BrClN2. The van der Waals surface area contributed by atoms with Crippen molar-refractivity contribution >= 4 is 27.5 Å². The first-order chi connectivity index (χ1) is 9.77. The number of benzene rings is 1. The summed E-state index contributed by atoms with van der Waals surface area (Å²) in [5.41, 5.74) is 3.94. The van der Waals surface area contributed by atoms with Crippen LogP contribution in [0.4, 0.5) is 0 Å². The van der Waals surface area contributed by atoms with Gasteiger partial charge in [-0.2, -0.15) is 0 Å². The number of nitrogens with zero attached hydrogens (tertiary/aromatic N) is 2. The fourth-order valence-corrected chi connectivity index (χ4v) is 2.81. The van der Waals surface area contributed by atoms with Gasteiger partial charge in [-0.1, -0.05) is 29.8 Å². The number of hydrogen-bond acceptors (Lipinski definition) is 2. The molecule has 0 saturated carbocycles. The molecule has 0 saturated heterocycles. The van der Waals surface area contributed by atoms with Crippen molar-refractivity contribution in [2.24, 2.45) is 0 Å². The molecule has 2 nitrogen and oxygen atoms in total. The molecule has 0 fully saturated rings. The molecule has 98 valence electrons. The van der Waals surface area contributed by atoms with Crippen molar-refractivity contribution in [1.29, 1.82) is 0 Å².